The number of ether oxygens (including phenoxy) is 1. The van der Waals surface area contributed by atoms with Gasteiger partial charge in [-0.15, -0.1) is 35.7 Å². The lowest BCUT2D eigenvalue weighted by Gasteiger charge is -2.43. The second kappa shape index (κ2) is 12.7. The molecule has 0 radical (unpaired) electrons. The third kappa shape index (κ3) is 6.74. The Morgan fingerprint density at radius 2 is 1.90 bits per heavy atom. The van der Waals surface area contributed by atoms with Gasteiger partial charge in [-0.25, -0.2) is 0 Å². The molecule has 1 aromatic rings. The summed E-state index contributed by atoms with van der Waals surface area (Å²) < 4.78 is 5.71. The summed E-state index contributed by atoms with van der Waals surface area (Å²) in [7, 11) is 0. The number of likely N-dealkylation sites (tertiary alicyclic amines) is 2. The molecule has 31 heavy (non-hydrogen) atoms. The maximum Gasteiger partial charge on any atom is 0.193 e. The van der Waals surface area contributed by atoms with Crippen molar-refractivity contribution in [3.63, 3.8) is 0 Å². The van der Waals surface area contributed by atoms with Gasteiger partial charge in [-0.05, 0) is 70.2 Å². The van der Waals surface area contributed by atoms with E-state index in [0.29, 0.717) is 0 Å². The van der Waals surface area contributed by atoms with E-state index in [9.17, 15) is 0 Å². The molecule has 0 spiro atoms. The maximum atomic E-state index is 5.71. The van der Waals surface area contributed by atoms with E-state index >= 15 is 0 Å². The molecule has 3 heterocycles. The van der Waals surface area contributed by atoms with Crippen molar-refractivity contribution in [1.82, 2.24) is 15.1 Å². The maximum absolute atomic E-state index is 5.71. The predicted molar refractivity (Wildman–Crippen MR) is 142 cm³/mol. The molecule has 0 aromatic heterocycles. The summed E-state index contributed by atoms with van der Waals surface area (Å²) in [5.74, 6) is 3.04. The molecule has 1 N–H and O–H groups in total. The Morgan fingerprint density at radius 3 is 2.61 bits per heavy atom. The Labute approximate surface area is 209 Å². The molecule has 1 atom stereocenters. The topological polar surface area (TPSA) is 40.1 Å². The number of nitrogens with one attached hydrogen (secondary N) is 1. The van der Waals surface area contributed by atoms with E-state index in [4.69, 9.17) is 9.73 Å². The lowest BCUT2D eigenvalue weighted by molar-refractivity contribution is -0.0139. The van der Waals surface area contributed by atoms with Crippen LogP contribution in [0.3, 0.4) is 0 Å². The molecular formula is C24H39IN4OS. The smallest absolute Gasteiger partial charge is 0.193 e. The zero-order chi connectivity index (χ0) is 20.7. The number of benzene rings is 1. The highest BCUT2D eigenvalue weighted by molar-refractivity contribution is 14.0. The fourth-order valence-corrected chi connectivity index (χ4v) is 6.11. The van der Waals surface area contributed by atoms with Gasteiger partial charge < -0.3 is 15.0 Å². The van der Waals surface area contributed by atoms with Crippen LogP contribution in [0.4, 0.5) is 0 Å². The van der Waals surface area contributed by atoms with E-state index in [1.807, 2.05) is 11.8 Å². The van der Waals surface area contributed by atoms with Crippen molar-refractivity contribution in [3.8, 4) is 0 Å². The van der Waals surface area contributed by atoms with Crippen molar-refractivity contribution in [2.75, 3.05) is 58.2 Å². The largest absolute Gasteiger partial charge is 0.381 e. The molecule has 5 nitrogen and oxygen atoms in total. The average molecular weight is 559 g/mol. The van der Waals surface area contributed by atoms with E-state index in [2.05, 4.69) is 52.4 Å². The van der Waals surface area contributed by atoms with Crippen LogP contribution in [0.25, 0.3) is 0 Å². The molecule has 4 rings (SSSR count). The van der Waals surface area contributed by atoms with Gasteiger partial charge in [0.25, 0.3) is 0 Å². The summed E-state index contributed by atoms with van der Waals surface area (Å²) in [6, 6.07) is 10.8. The number of hydrogen-bond acceptors (Lipinski definition) is 4. The standard InChI is InChI=1S/C24H38N4OS.HI/c1-2-25-23(26-20-24(11-16-29-17-12-24)28-13-6-7-14-28)27-15-10-21(18-27)19-30-22-8-4-3-5-9-22;/h3-5,8-9,21H,2,6-7,10-20H2,1H3,(H,25,26);1H. The summed E-state index contributed by atoms with van der Waals surface area (Å²) in [6.45, 7) is 10.5. The first kappa shape index (κ1) is 25.1. The van der Waals surface area contributed by atoms with Crippen molar-refractivity contribution in [2.24, 2.45) is 10.9 Å². The molecule has 1 aromatic carbocycles. The zero-order valence-electron chi connectivity index (χ0n) is 18.9. The fourth-order valence-electron chi connectivity index (χ4n) is 5.06. The molecule has 0 saturated carbocycles. The summed E-state index contributed by atoms with van der Waals surface area (Å²) in [6.07, 6.45) is 6.16. The molecule has 0 amide bonds. The molecule has 1 unspecified atom stereocenters. The molecule has 0 aliphatic carbocycles. The Kier molecular flexibility index (Phi) is 10.3. The number of thioether (sulfide) groups is 1. The van der Waals surface area contributed by atoms with Gasteiger partial charge in [0, 0.05) is 49.0 Å². The number of rotatable bonds is 7. The average Bonchev–Trinajstić information content (AvgIpc) is 3.49. The van der Waals surface area contributed by atoms with E-state index in [-0.39, 0.29) is 29.5 Å². The second-order valence-electron chi connectivity index (χ2n) is 8.93. The molecule has 3 fully saturated rings. The number of aliphatic imine (C=N–C) groups is 1. The van der Waals surface area contributed by atoms with Gasteiger partial charge >= 0.3 is 0 Å². The Balaban J connectivity index is 0.00000272. The van der Waals surface area contributed by atoms with E-state index in [1.54, 1.807) is 0 Å². The van der Waals surface area contributed by atoms with Gasteiger partial charge in [0.15, 0.2) is 5.96 Å². The minimum absolute atomic E-state index is 0. The van der Waals surface area contributed by atoms with Crippen LogP contribution in [0, 0.1) is 5.92 Å². The van der Waals surface area contributed by atoms with Crippen LogP contribution in [0.2, 0.25) is 0 Å². The van der Waals surface area contributed by atoms with Crippen molar-refractivity contribution >= 4 is 41.7 Å². The third-order valence-electron chi connectivity index (χ3n) is 6.87. The van der Waals surface area contributed by atoms with Crippen molar-refractivity contribution in [1.29, 1.82) is 0 Å². The Hall–Kier alpha value is -0.510. The predicted octanol–water partition coefficient (Wildman–Crippen LogP) is 4.33. The van der Waals surface area contributed by atoms with E-state index in [0.717, 1.165) is 64.1 Å². The SMILES string of the molecule is CCNC(=NCC1(N2CCCC2)CCOCC1)N1CCC(CSc2ccccc2)C1.I. The molecule has 3 saturated heterocycles. The highest BCUT2D eigenvalue weighted by Gasteiger charge is 2.39. The third-order valence-corrected chi connectivity index (χ3v) is 8.12. The number of halogens is 1. The quantitative estimate of drug-likeness (QED) is 0.234. The van der Waals surface area contributed by atoms with Crippen LogP contribution in [0.15, 0.2) is 40.2 Å². The molecule has 0 bridgehead atoms. The summed E-state index contributed by atoms with van der Waals surface area (Å²) >= 11 is 1.99. The van der Waals surface area contributed by atoms with Crippen molar-refractivity contribution < 1.29 is 4.74 Å². The normalized spacial score (nSPS) is 24.2. The molecule has 3 aliphatic heterocycles. The van der Waals surface area contributed by atoms with Gasteiger partial charge in [0.2, 0.25) is 0 Å². The summed E-state index contributed by atoms with van der Waals surface area (Å²) in [5.41, 5.74) is 0.206. The monoisotopic (exact) mass is 558 g/mol. The van der Waals surface area contributed by atoms with Gasteiger partial charge in [0.05, 0.1) is 6.54 Å². The lowest BCUT2D eigenvalue weighted by atomic mass is 9.88. The summed E-state index contributed by atoms with van der Waals surface area (Å²) in [5, 5.41) is 3.59. The van der Waals surface area contributed by atoms with Crippen LogP contribution in [0.1, 0.15) is 39.0 Å². The van der Waals surface area contributed by atoms with Gasteiger partial charge in [-0.3, -0.25) is 9.89 Å². The van der Waals surface area contributed by atoms with Crippen LogP contribution in [0.5, 0.6) is 0 Å². The Morgan fingerprint density at radius 1 is 1.16 bits per heavy atom. The molecule has 7 heteroatoms. The fraction of sp³-hybridized carbons (Fsp3) is 0.708. The van der Waals surface area contributed by atoms with Crippen molar-refractivity contribution in [3.05, 3.63) is 30.3 Å². The number of guanidine groups is 1. The first-order valence-corrected chi connectivity index (χ1v) is 12.8. The van der Waals surface area contributed by atoms with Crippen LogP contribution >= 0.6 is 35.7 Å². The van der Waals surface area contributed by atoms with Gasteiger partial charge in [0.1, 0.15) is 0 Å². The Bertz CT molecular complexity index is 677. The van der Waals surface area contributed by atoms with E-state index < -0.39 is 0 Å². The summed E-state index contributed by atoms with van der Waals surface area (Å²) in [4.78, 5) is 11.8. The second-order valence-corrected chi connectivity index (χ2v) is 10.0. The zero-order valence-corrected chi connectivity index (χ0v) is 22.1. The molecule has 3 aliphatic rings. The van der Waals surface area contributed by atoms with Crippen LogP contribution in [-0.4, -0.2) is 79.5 Å². The van der Waals surface area contributed by atoms with Crippen molar-refractivity contribution in [2.45, 2.75) is 49.5 Å². The highest BCUT2D eigenvalue weighted by atomic mass is 127. The first-order chi connectivity index (χ1) is 14.8. The van der Waals surface area contributed by atoms with Crippen LogP contribution in [-0.2, 0) is 4.74 Å². The van der Waals surface area contributed by atoms with Crippen LogP contribution < -0.4 is 5.32 Å². The lowest BCUT2D eigenvalue weighted by Crippen LogP contribution is -2.54. The van der Waals surface area contributed by atoms with Gasteiger partial charge in [-0.1, -0.05) is 18.2 Å². The molecular weight excluding hydrogens is 519 g/mol. The van der Waals surface area contributed by atoms with E-state index in [1.165, 1.54) is 43.0 Å². The first-order valence-electron chi connectivity index (χ1n) is 11.8. The minimum Gasteiger partial charge on any atom is -0.381 e. The number of hydrogen-bond donors (Lipinski definition) is 1. The highest BCUT2D eigenvalue weighted by Crippen LogP contribution is 2.32. The minimum atomic E-state index is 0. The number of nitrogens with zero attached hydrogens (tertiary/aromatic N) is 3. The molecule has 174 valence electrons. The van der Waals surface area contributed by atoms with Gasteiger partial charge in [-0.2, -0.15) is 0 Å².